The molecule has 0 nitrogen and oxygen atoms in total. The Kier molecular flexibility index (Phi) is 3.63. The van der Waals surface area contributed by atoms with Gasteiger partial charge in [-0.05, 0) is 30.4 Å². The Hall–Kier alpha value is -0.300. The average molecular weight is 253 g/mol. The Balaban J connectivity index is 2.16. The first-order chi connectivity index (χ1) is 6.88. The maximum Gasteiger partial charge on any atom is 0.0210 e. The maximum atomic E-state index is 3.66. The van der Waals surface area contributed by atoms with Crippen LogP contribution in [0.4, 0.5) is 0 Å². The molecule has 1 aliphatic carbocycles. The number of rotatable bonds is 1. The monoisotopic (exact) mass is 252 g/mol. The minimum atomic E-state index is 0.799. The average Bonchev–Trinajstić information content (AvgIpc) is 2.47. The van der Waals surface area contributed by atoms with Crippen LogP contribution in [0.5, 0.6) is 0 Å². The molecule has 76 valence electrons. The van der Waals surface area contributed by atoms with Crippen molar-refractivity contribution in [1.82, 2.24) is 0 Å². The van der Waals surface area contributed by atoms with Gasteiger partial charge in [0.1, 0.15) is 0 Å². The summed E-state index contributed by atoms with van der Waals surface area (Å²) in [6.45, 7) is 0. The summed E-state index contributed by atoms with van der Waals surface area (Å²) in [6.07, 6.45) is 8.44. The molecule has 14 heavy (non-hydrogen) atoms. The first kappa shape index (κ1) is 10.2. The van der Waals surface area contributed by atoms with Crippen molar-refractivity contribution in [2.45, 2.75) is 44.4 Å². The van der Waals surface area contributed by atoms with Crippen LogP contribution in [0.25, 0.3) is 0 Å². The van der Waals surface area contributed by atoms with Gasteiger partial charge in [-0.2, -0.15) is 0 Å². The molecule has 0 amide bonds. The maximum absolute atomic E-state index is 3.66. The summed E-state index contributed by atoms with van der Waals surface area (Å²) in [7, 11) is 0. The zero-order chi connectivity index (χ0) is 9.80. The minimum Gasteiger partial charge on any atom is -0.0619 e. The van der Waals surface area contributed by atoms with Crippen molar-refractivity contribution in [2.24, 2.45) is 0 Å². The molecular weight excluding hydrogens is 236 g/mol. The number of halogens is 1. The van der Waals surface area contributed by atoms with Gasteiger partial charge in [-0.15, -0.1) is 0 Å². The van der Waals surface area contributed by atoms with Gasteiger partial charge >= 0.3 is 0 Å². The highest BCUT2D eigenvalue weighted by molar-refractivity contribution is 9.10. The molecule has 1 aliphatic rings. The zero-order valence-corrected chi connectivity index (χ0v) is 10.1. The second-order valence-electron chi connectivity index (χ2n) is 4.21. The molecule has 0 aliphatic heterocycles. The van der Waals surface area contributed by atoms with Crippen LogP contribution < -0.4 is 0 Å². The molecular formula is C13H17Br. The lowest BCUT2D eigenvalue weighted by Gasteiger charge is -2.15. The van der Waals surface area contributed by atoms with Crippen molar-refractivity contribution in [3.63, 3.8) is 0 Å². The smallest absolute Gasteiger partial charge is 0.0210 e. The van der Waals surface area contributed by atoms with E-state index in [0.717, 1.165) is 5.92 Å². The molecule has 0 atom stereocenters. The number of benzene rings is 1. The summed E-state index contributed by atoms with van der Waals surface area (Å²) in [4.78, 5) is 0. The fourth-order valence-electron chi connectivity index (χ4n) is 2.40. The molecule has 0 unspecified atom stereocenters. The van der Waals surface area contributed by atoms with E-state index in [1.54, 1.807) is 0 Å². The molecule has 0 heterocycles. The Morgan fingerprint density at radius 2 is 1.57 bits per heavy atom. The van der Waals surface area contributed by atoms with Crippen LogP contribution in [-0.4, -0.2) is 0 Å². The van der Waals surface area contributed by atoms with E-state index >= 15 is 0 Å². The van der Waals surface area contributed by atoms with Crippen molar-refractivity contribution >= 4 is 15.9 Å². The molecule has 0 N–H and O–H groups in total. The molecule has 0 saturated heterocycles. The minimum absolute atomic E-state index is 0.799. The van der Waals surface area contributed by atoms with Crippen LogP contribution >= 0.6 is 15.9 Å². The van der Waals surface area contributed by atoms with E-state index in [-0.39, 0.29) is 0 Å². The highest BCUT2D eigenvalue weighted by Crippen LogP contribution is 2.35. The highest BCUT2D eigenvalue weighted by Gasteiger charge is 2.15. The van der Waals surface area contributed by atoms with Gasteiger partial charge in [0.05, 0.1) is 0 Å². The molecule has 2 rings (SSSR count). The van der Waals surface area contributed by atoms with E-state index in [1.165, 1.54) is 48.6 Å². The fraction of sp³-hybridized carbons (Fsp3) is 0.538. The normalized spacial score (nSPS) is 19.2. The molecule has 0 aromatic heterocycles. The van der Waals surface area contributed by atoms with Gasteiger partial charge in [-0.25, -0.2) is 0 Å². The van der Waals surface area contributed by atoms with E-state index in [1.807, 2.05) is 0 Å². The van der Waals surface area contributed by atoms with E-state index in [2.05, 4.69) is 40.2 Å². The molecule has 1 aromatic carbocycles. The first-order valence-electron chi connectivity index (χ1n) is 5.62. The fourth-order valence-corrected chi connectivity index (χ4v) is 3.01. The predicted octanol–water partition coefficient (Wildman–Crippen LogP) is 4.89. The van der Waals surface area contributed by atoms with Crippen LogP contribution in [0.2, 0.25) is 0 Å². The van der Waals surface area contributed by atoms with Gasteiger partial charge in [0.2, 0.25) is 0 Å². The Morgan fingerprint density at radius 1 is 0.929 bits per heavy atom. The van der Waals surface area contributed by atoms with Crippen molar-refractivity contribution in [1.29, 1.82) is 0 Å². The van der Waals surface area contributed by atoms with Crippen LogP contribution in [0.3, 0.4) is 0 Å². The summed E-state index contributed by atoms with van der Waals surface area (Å²) in [5.74, 6) is 0.799. The lowest BCUT2D eigenvalue weighted by molar-refractivity contribution is 0.590. The first-order valence-corrected chi connectivity index (χ1v) is 6.41. The van der Waals surface area contributed by atoms with Crippen LogP contribution in [0, 0.1) is 0 Å². The third-order valence-corrected chi connectivity index (χ3v) is 3.92. The van der Waals surface area contributed by atoms with Gasteiger partial charge < -0.3 is 0 Å². The summed E-state index contributed by atoms with van der Waals surface area (Å²) in [5, 5.41) is 0. The zero-order valence-electron chi connectivity index (χ0n) is 8.51. The third kappa shape index (κ3) is 2.38. The van der Waals surface area contributed by atoms with Crippen LogP contribution in [-0.2, 0) is 0 Å². The SMILES string of the molecule is Brc1ccccc1C1CCCCCC1. The van der Waals surface area contributed by atoms with Gasteiger partial charge in [-0.3, -0.25) is 0 Å². The van der Waals surface area contributed by atoms with Gasteiger partial charge in [0.15, 0.2) is 0 Å². The topological polar surface area (TPSA) is 0 Å². The van der Waals surface area contributed by atoms with Crippen LogP contribution in [0.1, 0.15) is 50.0 Å². The summed E-state index contributed by atoms with van der Waals surface area (Å²) in [6, 6.07) is 8.70. The van der Waals surface area contributed by atoms with Crippen LogP contribution in [0.15, 0.2) is 28.7 Å². The predicted molar refractivity (Wildman–Crippen MR) is 64.6 cm³/mol. The second kappa shape index (κ2) is 4.97. The standard InChI is InChI=1S/C13H17Br/c14-13-10-6-5-9-12(13)11-7-3-1-2-4-8-11/h5-6,9-11H,1-4,7-8H2. The number of hydrogen-bond acceptors (Lipinski definition) is 0. The largest absolute Gasteiger partial charge is 0.0619 e. The second-order valence-corrected chi connectivity index (χ2v) is 5.06. The Labute approximate surface area is 94.8 Å². The molecule has 1 heteroatoms. The van der Waals surface area contributed by atoms with Gasteiger partial charge in [-0.1, -0.05) is 59.8 Å². The van der Waals surface area contributed by atoms with Gasteiger partial charge in [0, 0.05) is 4.47 Å². The quantitative estimate of drug-likeness (QED) is 0.625. The van der Waals surface area contributed by atoms with E-state index < -0.39 is 0 Å². The molecule has 1 aromatic rings. The highest BCUT2D eigenvalue weighted by atomic mass is 79.9. The summed E-state index contributed by atoms with van der Waals surface area (Å²) < 4.78 is 1.30. The lowest BCUT2D eigenvalue weighted by Crippen LogP contribution is -1.97. The van der Waals surface area contributed by atoms with E-state index in [9.17, 15) is 0 Å². The molecule has 1 fully saturated rings. The van der Waals surface area contributed by atoms with E-state index in [4.69, 9.17) is 0 Å². The third-order valence-electron chi connectivity index (χ3n) is 3.20. The van der Waals surface area contributed by atoms with Crippen molar-refractivity contribution in [2.75, 3.05) is 0 Å². The lowest BCUT2D eigenvalue weighted by atomic mass is 9.92. The van der Waals surface area contributed by atoms with Crippen molar-refractivity contribution < 1.29 is 0 Å². The molecule has 0 radical (unpaired) electrons. The number of hydrogen-bond donors (Lipinski definition) is 0. The summed E-state index contributed by atoms with van der Waals surface area (Å²) in [5.41, 5.74) is 1.52. The Bertz CT molecular complexity index is 285. The van der Waals surface area contributed by atoms with Crippen molar-refractivity contribution in [3.05, 3.63) is 34.3 Å². The molecule has 0 spiro atoms. The molecule has 0 bridgehead atoms. The molecule has 1 saturated carbocycles. The summed E-state index contributed by atoms with van der Waals surface area (Å²) >= 11 is 3.66. The van der Waals surface area contributed by atoms with E-state index in [0.29, 0.717) is 0 Å². The van der Waals surface area contributed by atoms with Crippen molar-refractivity contribution in [3.8, 4) is 0 Å². The Morgan fingerprint density at radius 3 is 2.21 bits per heavy atom. The van der Waals surface area contributed by atoms with Gasteiger partial charge in [0.25, 0.3) is 0 Å².